The monoisotopic (exact) mass is 229 g/mol. The van der Waals surface area contributed by atoms with E-state index in [4.69, 9.17) is 5.73 Å². The summed E-state index contributed by atoms with van der Waals surface area (Å²) in [4.78, 5) is 15.7. The molecule has 0 unspecified atom stereocenters. The van der Waals surface area contributed by atoms with E-state index >= 15 is 0 Å². The van der Waals surface area contributed by atoms with E-state index in [-0.39, 0.29) is 0 Å². The Morgan fingerprint density at radius 1 is 1.67 bits per heavy atom. The smallest absolute Gasteiger partial charge is 0.404 e. The zero-order valence-electron chi connectivity index (χ0n) is 8.66. The van der Waals surface area contributed by atoms with Crippen molar-refractivity contribution in [1.29, 1.82) is 0 Å². The quantitative estimate of drug-likeness (QED) is 0.703. The Bertz CT molecular complexity index is 314. The van der Waals surface area contributed by atoms with Crippen molar-refractivity contribution in [1.82, 2.24) is 10.3 Å². The van der Waals surface area contributed by atoms with Crippen molar-refractivity contribution in [2.45, 2.75) is 13.3 Å². The lowest BCUT2D eigenvalue weighted by molar-refractivity contribution is 0.157. The normalized spacial score (nSPS) is 10.2. The molecule has 0 atom stereocenters. The zero-order valence-corrected chi connectivity index (χ0v) is 9.47. The molecule has 84 valence electrons. The van der Waals surface area contributed by atoms with Crippen LogP contribution in [0.3, 0.4) is 0 Å². The van der Waals surface area contributed by atoms with Crippen LogP contribution in [0.5, 0.6) is 0 Å². The molecule has 0 radical (unpaired) electrons. The van der Waals surface area contributed by atoms with Gasteiger partial charge in [0.15, 0.2) is 0 Å². The van der Waals surface area contributed by atoms with Gasteiger partial charge in [-0.15, -0.1) is 11.3 Å². The molecule has 1 rings (SSSR count). The van der Waals surface area contributed by atoms with Crippen molar-refractivity contribution < 1.29 is 9.53 Å². The number of aromatic nitrogens is 1. The van der Waals surface area contributed by atoms with E-state index < -0.39 is 6.09 Å². The van der Waals surface area contributed by atoms with Crippen LogP contribution < -0.4 is 11.1 Å². The molecule has 0 saturated heterocycles. The average molecular weight is 229 g/mol. The highest BCUT2D eigenvalue weighted by atomic mass is 32.1. The third-order valence-corrected chi connectivity index (χ3v) is 2.89. The summed E-state index contributed by atoms with van der Waals surface area (Å²) in [6, 6.07) is 0. The molecular weight excluding hydrogens is 214 g/mol. The summed E-state index contributed by atoms with van der Waals surface area (Å²) in [5.41, 5.74) is 7.75. The van der Waals surface area contributed by atoms with Gasteiger partial charge in [0.2, 0.25) is 0 Å². The third-order valence-electron chi connectivity index (χ3n) is 1.90. The molecule has 0 fully saturated rings. The third kappa shape index (κ3) is 4.75. The molecule has 0 saturated carbocycles. The van der Waals surface area contributed by atoms with Crippen molar-refractivity contribution >= 4 is 17.4 Å². The van der Waals surface area contributed by atoms with Gasteiger partial charge in [0.05, 0.1) is 11.2 Å². The number of aryl methyl sites for hydroxylation is 1. The summed E-state index contributed by atoms with van der Waals surface area (Å²) in [6.45, 7) is 3.80. The minimum Gasteiger partial charge on any atom is -0.448 e. The number of hydrogen-bond acceptors (Lipinski definition) is 5. The molecule has 15 heavy (non-hydrogen) atoms. The van der Waals surface area contributed by atoms with E-state index in [9.17, 15) is 4.79 Å². The Balaban J connectivity index is 2.03. The van der Waals surface area contributed by atoms with Gasteiger partial charge < -0.3 is 15.8 Å². The summed E-state index contributed by atoms with van der Waals surface area (Å²) in [5, 5.41) is 3.15. The maximum absolute atomic E-state index is 10.2. The number of amides is 1. The molecule has 5 nitrogen and oxygen atoms in total. The second-order valence-corrected chi connectivity index (χ2v) is 3.97. The molecule has 0 aliphatic heterocycles. The molecular formula is C9H15N3O2S. The molecule has 1 amide bonds. The highest BCUT2D eigenvalue weighted by Crippen LogP contribution is 2.11. The van der Waals surface area contributed by atoms with Gasteiger partial charge in [-0.3, -0.25) is 0 Å². The van der Waals surface area contributed by atoms with Crippen LogP contribution in [-0.4, -0.2) is 30.8 Å². The van der Waals surface area contributed by atoms with Crippen LogP contribution in [0.15, 0.2) is 5.51 Å². The number of ether oxygens (including phenoxy) is 1. The van der Waals surface area contributed by atoms with Crippen molar-refractivity contribution in [3.8, 4) is 0 Å². The van der Waals surface area contributed by atoms with Crippen LogP contribution in [0, 0.1) is 6.92 Å². The Morgan fingerprint density at radius 2 is 2.47 bits per heavy atom. The number of nitrogens with one attached hydrogen (secondary N) is 1. The predicted octanol–water partition coefficient (Wildman–Crippen LogP) is 0.679. The van der Waals surface area contributed by atoms with Gasteiger partial charge in [-0.05, 0) is 13.3 Å². The average Bonchev–Trinajstić information content (AvgIpc) is 2.57. The summed E-state index contributed by atoms with van der Waals surface area (Å²) in [7, 11) is 0. The first-order valence-corrected chi connectivity index (χ1v) is 5.60. The lowest BCUT2D eigenvalue weighted by Crippen LogP contribution is -2.25. The molecule has 0 aliphatic rings. The number of carbonyl (C=O) groups excluding carboxylic acids is 1. The molecule has 0 aromatic carbocycles. The van der Waals surface area contributed by atoms with Crippen LogP contribution in [0.4, 0.5) is 4.79 Å². The lowest BCUT2D eigenvalue weighted by Gasteiger charge is -2.03. The van der Waals surface area contributed by atoms with E-state index in [0.717, 1.165) is 18.7 Å². The zero-order chi connectivity index (χ0) is 11.1. The summed E-state index contributed by atoms with van der Waals surface area (Å²) >= 11 is 1.66. The first kappa shape index (κ1) is 11.9. The van der Waals surface area contributed by atoms with Gasteiger partial charge in [0.1, 0.15) is 6.61 Å². The fourth-order valence-electron chi connectivity index (χ4n) is 1.12. The number of thiazole rings is 1. The number of primary amides is 1. The second-order valence-electron chi connectivity index (χ2n) is 3.03. The number of hydrogen-bond donors (Lipinski definition) is 2. The Morgan fingerprint density at radius 3 is 3.07 bits per heavy atom. The van der Waals surface area contributed by atoms with Gasteiger partial charge in [-0.25, -0.2) is 9.78 Å². The Kier molecular flexibility index (Phi) is 5.06. The molecule has 1 aromatic heterocycles. The molecule has 1 heterocycles. The predicted molar refractivity (Wildman–Crippen MR) is 59.0 cm³/mol. The molecule has 0 bridgehead atoms. The SMILES string of the molecule is Cc1ncsc1CCNCCOC(N)=O. The van der Waals surface area contributed by atoms with Crippen molar-refractivity contribution in [3.63, 3.8) is 0 Å². The maximum Gasteiger partial charge on any atom is 0.404 e. The highest BCUT2D eigenvalue weighted by molar-refractivity contribution is 7.09. The topological polar surface area (TPSA) is 77.2 Å². The minimum atomic E-state index is -0.727. The Labute approximate surface area is 92.6 Å². The Hall–Kier alpha value is -1.14. The van der Waals surface area contributed by atoms with Gasteiger partial charge in [-0.2, -0.15) is 0 Å². The summed E-state index contributed by atoms with van der Waals surface area (Å²) in [6.07, 6.45) is 0.225. The van der Waals surface area contributed by atoms with Gasteiger partial charge in [0, 0.05) is 18.0 Å². The molecule has 0 spiro atoms. The maximum atomic E-state index is 10.2. The van der Waals surface area contributed by atoms with Crippen LogP contribution in [0.25, 0.3) is 0 Å². The lowest BCUT2D eigenvalue weighted by atomic mass is 10.3. The van der Waals surface area contributed by atoms with Crippen molar-refractivity contribution in [3.05, 3.63) is 16.1 Å². The van der Waals surface area contributed by atoms with E-state index in [1.807, 2.05) is 12.4 Å². The molecule has 6 heteroatoms. The second kappa shape index (κ2) is 6.36. The molecule has 1 aromatic rings. The standard InChI is InChI=1S/C9H15N3O2S/c1-7-8(15-6-12-7)2-3-11-4-5-14-9(10)13/h6,11H,2-5H2,1H3,(H2,10,13). The number of rotatable bonds is 6. The van der Waals surface area contributed by atoms with Crippen LogP contribution in [0.1, 0.15) is 10.6 Å². The number of nitrogens with zero attached hydrogens (tertiary/aromatic N) is 1. The molecule has 0 aliphatic carbocycles. The van der Waals surface area contributed by atoms with Crippen molar-refractivity contribution in [2.75, 3.05) is 19.7 Å². The number of nitrogens with two attached hydrogens (primary N) is 1. The largest absolute Gasteiger partial charge is 0.448 e. The minimum absolute atomic E-state index is 0.316. The van der Waals surface area contributed by atoms with E-state index in [0.29, 0.717) is 13.2 Å². The highest BCUT2D eigenvalue weighted by Gasteiger charge is 2.00. The summed E-state index contributed by atoms with van der Waals surface area (Å²) in [5.74, 6) is 0. The summed E-state index contributed by atoms with van der Waals surface area (Å²) < 4.78 is 4.57. The van der Waals surface area contributed by atoms with E-state index in [1.165, 1.54) is 4.88 Å². The van der Waals surface area contributed by atoms with Crippen LogP contribution >= 0.6 is 11.3 Å². The first-order valence-electron chi connectivity index (χ1n) is 4.72. The first-order chi connectivity index (χ1) is 7.20. The van der Waals surface area contributed by atoms with Gasteiger partial charge in [-0.1, -0.05) is 0 Å². The van der Waals surface area contributed by atoms with Gasteiger partial charge >= 0.3 is 6.09 Å². The van der Waals surface area contributed by atoms with Crippen LogP contribution in [-0.2, 0) is 11.2 Å². The fourth-order valence-corrected chi connectivity index (χ4v) is 1.90. The fraction of sp³-hybridized carbons (Fsp3) is 0.556. The van der Waals surface area contributed by atoms with Crippen LogP contribution in [0.2, 0.25) is 0 Å². The molecule has 3 N–H and O–H groups in total. The van der Waals surface area contributed by atoms with E-state index in [1.54, 1.807) is 11.3 Å². The van der Waals surface area contributed by atoms with Crippen molar-refractivity contribution in [2.24, 2.45) is 5.73 Å². The number of carbonyl (C=O) groups is 1. The van der Waals surface area contributed by atoms with E-state index in [2.05, 4.69) is 15.0 Å². The van der Waals surface area contributed by atoms with Gasteiger partial charge in [0.25, 0.3) is 0 Å².